The number of halogens is 3. The van der Waals surface area contributed by atoms with E-state index >= 15 is 0 Å². The number of esters is 2. The number of aromatic amines is 1. The number of amides is 1. The van der Waals surface area contributed by atoms with Gasteiger partial charge in [-0.2, -0.15) is 0 Å². The van der Waals surface area contributed by atoms with Gasteiger partial charge in [0.1, 0.15) is 5.69 Å². The number of benzene rings is 1. The fourth-order valence-electron chi connectivity index (χ4n) is 2.69. The van der Waals surface area contributed by atoms with Gasteiger partial charge in [0.25, 0.3) is 5.91 Å². The van der Waals surface area contributed by atoms with E-state index in [-0.39, 0.29) is 33.1 Å². The number of hydrogen-bond donors (Lipinski definition) is 2. The normalized spacial score (nSPS) is 11.9. The Bertz CT molecular complexity index is 978. The Morgan fingerprint density at radius 2 is 1.53 bits per heavy atom. The van der Waals surface area contributed by atoms with Gasteiger partial charge in [-0.05, 0) is 52.3 Å². The molecule has 1 unspecified atom stereocenters. The second-order valence-corrected chi connectivity index (χ2v) is 8.11. The summed E-state index contributed by atoms with van der Waals surface area (Å²) in [4.78, 5) is 40.1. The van der Waals surface area contributed by atoms with Crippen molar-refractivity contribution in [3.63, 3.8) is 0 Å². The molecule has 10 heteroatoms. The van der Waals surface area contributed by atoms with Gasteiger partial charge in [0, 0.05) is 10.7 Å². The van der Waals surface area contributed by atoms with Gasteiger partial charge in [0.15, 0.2) is 6.10 Å². The third kappa shape index (κ3) is 5.47. The Labute approximate surface area is 189 Å². The summed E-state index contributed by atoms with van der Waals surface area (Å²) in [6, 6.07) is 2.84. The minimum atomic E-state index is -1.17. The molecular formula is C20H21Cl3N2O5. The van der Waals surface area contributed by atoms with Gasteiger partial charge in [-0.1, -0.05) is 34.8 Å². The lowest BCUT2D eigenvalue weighted by atomic mass is 10.1. The highest BCUT2D eigenvalue weighted by Crippen LogP contribution is 2.33. The largest absolute Gasteiger partial charge is 0.459 e. The van der Waals surface area contributed by atoms with Crippen LogP contribution in [0.4, 0.5) is 5.69 Å². The van der Waals surface area contributed by atoms with E-state index < -0.39 is 23.9 Å². The lowest BCUT2D eigenvalue weighted by Crippen LogP contribution is -2.30. The van der Waals surface area contributed by atoms with E-state index in [4.69, 9.17) is 44.3 Å². The third-order valence-electron chi connectivity index (χ3n) is 4.10. The zero-order valence-electron chi connectivity index (χ0n) is 17.0. The molecule has 0 saturated heterocycles. The summed E-state index contributed by atoms with van der Waals surface area (Å²) < 4.78 is 10.4. The minimum Gasteiger partial charge on any atom is -0.459 e. The molecule has 1 atom stereocenters. The second-order valence-electron chi connectivity index (χ2n) is 6.86. The summed E-state index contributed by atoms with van der Waals surface area (Å²) in [5.41, 5.74) is 1.31. The summed E-state index contributed by atoms with van der Waals surface area (Å²) in [5, 5.41) is 3.11. The van der Waals surface area contributed by atoms with Crippen LogP contribution in [0.2, 0.25) is 15.1 Å². The quantitative estimate of drug-likeness (QED) is 0.550. The summed E-state index contributed by atoms with van der Waals surface area (Å²) in [6.45, 7) is 8.08. The molecule has 0 aliphatic carbocycles. The van der Waals surface area contributed by atoms with E-state index in [9.17, 15) is 14.4 Å². The molecule has 0 aliphatic heterocycles. The van der Waals surface area contributed by atoms with Crippen LogP contribution in [0.5, 0.6) is 0 Å². The molecule has 0 aliphatic rings. The van der Waals surface area contributed by atoms with Gasteiger partial charge < -0.3 is 19.8 Å². The van der Waals surface area contributed by atoms with E-state index in [2.05, 4.69) is 10.3 Å². The molecule has 0 spiro atoms. The molecule has 1 aromatic carbocycles. The molecule has 0 bridgehead atoms. The molecule has 2 rings (SSSR count). The van der Waals surface area contributed by atoms with Crippen molar-refractivity contribution in [1.29, 1.82) is 0 Å². The monoisotopic (exact) mass is 474 g/mol. The molecule has 0 fully saturated rings. The van der Waals surface area contributed by atoms with E-state index in [0.717, 1.165) is 0 Å². The molecule has 0 saturated carbocycles. The van der Waals surface area contributed by atoms with Gasteiger partial charge in [-0.25, -0.2) is 9.59 Å². The number of carbonyl (C=O) groups is 3. The molecule has 162 valence electrons. The molecule has 1 amide bonds. The highest BCUT2D eigenvalue weighted by Gasteiger charge is 2.27. The van der Waals surface area contributed by atoms with Gasteiger partial charge >= 0.3 is 11.9 Å². The molecule has 1 aromatic heterocycles. The Kier molecular flexibility index (Phi) is 7.80. The first kappa shape index (κ1) is 24.1. The van der Waals surface area contributed by atoms with Crippen molar-refractivity contribution >= 4 is 58.3 Å². The number of aryl methyl sites for hydroxylation is 1. The van der Waals surface area contributed by atoms with Crippen molar-refractivity contribution < 1.29 is 23.9 Å². The SMILES string of the molecule is Cc1[nH]c(C(=O)OC(C)C(=O)Nc2c(Cl)cc(Cl)cc2Cl)c(C)c1C(=O)OC(C)C. The predicted molar refractivity (Wildman–Crippen MR) is 116 cm³/mol. The van der Waals surface area contributed by atoms with E-state index in [1.165, 1.54) is 19.1 Å². The average molecular weight is 476 g/mol. The fraction of sp³-hybridized carbons (Fsp3) is 0.350. The van der Waals surface area contributed by atoms with Crippen LogP contribution >= 0.6 is 34.8 Å². The zero-order chi connectivity index (χ0) is 22.7. The van der Waals surface area contributed by atoms with Crippen LogP contribution in [0.3, 0.4) is 0 Å². The molecule has 2 N–H and O–H groups in total. The Hall–Kier alpha value is -2.22. The Balaban J connectivity index is 2.14. The number of anilines is 1. The van der Waals surface area contributed by atoms with Crippen molar-refractivity contribution in [3.8, 4) is 0 Å². The van der Waals surface area contributed by atoms with Crippen molar-refractivity contribution in [2.45, 2.75) is 46.8 Å². The van der Waals surface area contributed by atoms with Crippen LogP contribution in [0.15, 0.2) is 12.1 Å². The maximum absolute atomic E-state index is 12.6. The van der Waals surface area contributed by atoms with E-state index in [0.29, 0.717) is 16.3 Å². The van der Waals surface area contributed by atoms with Crippen LogP contribution in [0, 0.1) is 13.8 Å². The van der Waals surface area contributed by atoms with Crippen LogP contribution in [0.1, 0.15) is 52.9 Å². The standard InChI is InChI=1S/C20H21Cl3N2O5/c1-8(2)29-19(27)15-9(3)16(24-10(15)4)20(28)30-11(5)18(26)25-17-13(22)6-12(21)7-14(17)23/h6-8,11,24H,1-5H3,(H,25,26). The summed E-state index contributed by atoms with van der Waals surface area (Å²) in [6.07, 6.45) is -1.48. The number of carbonyl (C=O) groups excluding carboxylic acids is 3. The maximum atomic E-state index is 12.6. The first-order valence-corrected chi connectivity index (χ1v) is 10.1. The molecule has 7 nitrogen and oxygen atoms in total. The molecule has 2 aromatic rings. The van der Waals surface area contributed by atoms with Gasteiger partial charge in [-0.15, -0.1) is 0 Å². The van der Waals surface area contributed by atoms with Crippen molar-refractivity contribution in [2.24, 2.45) is 0 Å². The first-order valence-electron chi connectivity index (χ1n) is 8.98. The average Bonchev–Trinajstić information content (AvgIpc) is 2.91. The maximum Gasteiger partial charge on any atom is 0.355 e. The van der Waals surface area contributed by atoms with Crippen LogP contribution < -0.4 is 5.32 Å². The highest BCUT2D eigenvalue weighted by molar-refractivity contribution is 6.42. The van der Waals surface area contributed by atoms with Gasteiger partial charge in [0.05, 0.1) is 27.4 Å². The van der Waals surface area contributed by atoms with Crippen LogP contribution in [-0.4, -0.2) is 35.0 Å². The predicted octanol–water partition coefficient (Wildman–Crippen LogP) is 5.34. The van der Waals surface area contributed by atoms with Crippen LogP contribution in [-0.2, 0) is 14.3 Å². The summed E-state index contributed by atoms with van der Waals surface area (Å²) in [5.74, 6) is -1.99. The van der Waals surface area contributed by atoms with Gasteiger partial charge in [0.2, 0.25) is 0 Å². The lowest BCUT2D eigenvalue weighted by Gasteiger charge is -2.15. The molecule has 0 radical (unpaired) electrons. The Morgan fingerprint density at radius 1 is 0.967 bits per heavy atom. The molecular weight excluding hydrogens is 455 g/mol. The number of rotatable bonds is 6. The number of ether oxygens (including phenoxy) is 2. The lowest BCUT2D eigenvalue weighted by molar-refractivity contribution is -0.123. The van der Waals surface area contributed by atoms with E-state index in [1.807, 2.05) is 0 Å². The number of H-pyrrole nitrogens is 1. The zero-order valence-corrected chi connectivity index (χ0v) is 19.3. The van der Waals surface area contributed by atoms with Crippen molar-refractivity contribution in [2.75, 3.05) is 5.32 Å². The third-order valence-corrected chi connectivity index (χ3v) is 4.91. The number of aromatic nitrogens is 1. The van der Waals surface area contributed by atoms with Crippen molar-refractivity contribution in [1.82, 2.24) is 4.98 Å². The fourth-order valence-corrected chi connectivity index (χ4v) is 3.60. The number of nitrogens with one attached hydrogen (secondary N) is 2. The van der Waals surface area contributed by atoms with Crippen LogP contribution in [0.25, 0.3) is 0 Å². The first-order chi connectivity index (χ1) is 13.9. The van der Waals surface area contributed by atoms with Gasteiger partial charge in [-0.3, -0.25) is 4.79 Å². The number of hydrogen-bond acceptors (Lipinski definition) is 5. The van der Waals surface area contributed by atoms with Crippen molar-refractivity contribution in [3.05, 3.63) is 49.7 Å². The molecule has 30 heavy (non-hydrogen) atoms. The van der Waals surface area contributed by atoms with E-state index in [1.54, 1.807) is 27.7 Å². The smallest absolute Gasteiger partial charge is 0.355 e. The Morgan fingerprint density at radius 3 is 2.07 bits per heavy atom. The minimum absolute atomic E-state index is 0.0606. The highest BCUT2D eigenvalue weighted by atomic mass is 35.5. The molecule has 1 heterocycles. The summed E-state index contributed by atoms with van der Waals surface area (Å²) >= 11 is 18.0. The summed E-state index contributed by atoms with van der Waals surface area (Å²) in [7, 11) is 0. The second kappa shape index (κ2) is 9.73. The topological polar surface area (TPSA) is 97.5 Å².